The van der Waals surface area contributed by atoms with Crippen molar-refractivity contribution in [2.45, 2.75) is 11.4 Å². The predicted octanol–water partition coefficient (Wildman–Crippen LogP) is 0.0352. The van der Waals surface area contributed by atoms with Gasteiger partial charge in [0.2, 0.25) is 0 Å². The Bertz CT molecular complexity index is 804. The van der Waals surface area contributed by atoms with Crippen molar-refractivity contribution in [3.63, 3.8) is 0 Å². The Labute approximate surface area is 119 Å². The maximum atomic E-state index is 12.0. The van der Waals surface area contributed by atoms with Crippen molar-refractivity contribution in [3.8, 4) is 6.07 Å². The second kappa shape index (κ2) is 5.59. The van der Waals surface area contributed by atoms with E-state index in [-0.39, 0.29) is 22.8 Å². The summed E-state index contributed by atoms with van der Waals surface area (Å²) < 4.78 is 27.4. The fraction of sp³-hybridized carbons (Fsp3) is 0.0909. The molecular formula is C11H9N5O4S. The van der Waals surface area contributed by atoms with E-state index in [0.717, 1.165) is 10.9 Å². The van der Waals surface area contributed by atoms with Crippen LogP contribution >= 0.6 is 0 Å². The quantitative estimate of drug-likeness (QED) is 0.794. The van der Waals surface area contributed by atoms with Crippen LogP contribution in [0.15, 0.2) is 35.6 Å². The van der Waals surface area contributed by atoms with Crippen LogP contribution in [0.1, 0.15) is 5.69 Å². The number of pyridine rings is 1. The fourth-order valence-electron chi connectivity index (χ4n) is 1.46. The first-order chi connectivity index (χ1) is 9.90. The van der Waals surface area contributed by atoms with E-state index in [2.05, 4.69) is 14.8 Å². The highest BCUT2D eigenvalue weighted by Gasteiger charge is 2.16. The first kappa shape index (κ1) is 14.5. The Morgan fingerprint density at radius 3 is 2.76 bits per heavy atom. The van der Waals surface area contributed by atoms with Crippen LogP contribution in [-0.4, -0.2) is 34.3 Å². The summed E-state index contributed by atoms with van der Waals surface area (Å²) in [5, 5.41) is 20.9. The number of rotatable bonds is 5. The predicted molar refractivity (Wildman–Crippen MR) is 69.6 cm³/mol. The molecule has 2 heterocycles. The molecule has 0 unspecified atom stereocenters. The van der Waals surface area contributed by atoms with Crippen molar-refractivity contribution in [3.05, 3.63) is 36.4 Å². The molecule has 0 aliphatic rings. The highest BCUT2D eigenvalue weighted by atomic mass is 32.2. The lowest BCUT2D eigenvalue weighted by molar-refractivity contribution is -0.137. The van der Waals surface area contributed by atoms with E-state index in [1.165, 1.54) is 24.5 Å². The number of aromatic nitrogens is 3. The van der Waals surface area contributed by atoms with Crippen LogP contribution in [0, 0.1) is 11.3 Å². The van der Waals surface area contributed by atoms with Gasteiger partial charge in [-0.05, 0) is 12.1 Å². The number of aliphatic carboxylic acids is 1. The number of hydrogen-bond donors (Lipinski definition) is 2. The number of carboxylic acid groups (broad SMARTS) is 1. The van der Waals surface area contributed by atoms with Gasteiger partial charge in [-0.25, -0.2) is 13.4 Å². The summed E-state index contributed by atoms with van der Waals surface area (Å²) in [6.07, 6.45) is 3.50. The molecule has 2 N–H and O–H groups in total. The lowest BCUT2D eigenvalue weighted by Gasteiger charge is -2.05. The highest BCUT2D eigenvalue weighted by Crippen LogP contribution is 2.14. The molecule has 21 heavy (non-hydrogen) atoms. The van der Waals surface area contributed by atoms with Crippen LogP contribution in [0.2, 0.25) is 0 Å². The third-order valence-corrected chi connectivity index (χ3v) is 3.71. The SMILES string of the molecule is N#Cc1ccc(S(=O)(=O)Nc2cnn(CC(=O)O)c2)cn1. The van der Waals surface area contributed by atoms with E-state index < -0.39 is 16.0 Å². The summed E-state index contributed by atoms with van der Waals surface area (Å²) in [4.78, 5) is 14.1. The maximum absolute atomic E-state index is 12.0. The molecule has 2 aromatic heterocycles. The molecule has 0 aromatic carbocycles. The number of carboxylic acids is 1. The van der Waals surface area contributed by atoms with Crippen molar-refractivity contribution in [2.75, 3.05) is 4.72 Å². The minimum Gasteiger partial charge on any atom is -0.480 e. The third-order valence-electron chi connectivity index (χ3n) is 2.34. The summed E-state index contributed by atoms with van der Waals surface area (Å²) in [5.74, 6) is -1.09. The molecule has 0 amide bonds. The van der Waals surface area contributed by atoms with Gasteiger partial charge < -0.3 is 5.11 Å². The number of carbonyl (C=O) groups is 1. The highest BCUT2D eigenvalue weighted by molar-refractivity contribution is 7.92. The zero-order chi connectivity index (χ0) is 15.5. The van der Waals surface area contributed by atoms with Gasteiger partial charge in [-0.1, -0.05) is 0 Å². The first-order valence-electron chi connectivity index (χ1n) is 5.54. The van der Waals surface area contributed by atoms with Crippen molar-refractivity contribution < 1.29 is 18.3 Å². The van der Waals surface area contributed by atoms with Gasteiger partial charge in [0.25, 0.3) is 10.0 Å². The average Bonchev–Trinajstić information content (AvgIpc) is 2.84. The molecule has 10 heteroatoms. The number of anilines is 1. The lowest BCUT2D eigenvalue weighted by atomic mass is 10.4. The van der Waals surface area contributed by atoms with E-state index in [0.29, 0.717) is 0 Å². The smallest absolute Gasteiger partial charge is 0.325 e. The van der Waals surface area contributed by atoms with Gasteiger partial charge in [0, 0.05) is 12.4 Å². The standard InChI is InChI=1S/C11H9N5O4S/c12-3-8-1-2-10(5-13-8)21(19,20)15-9-4-14-16(6-9)7-11(17)18/h1-2,4-6,15H,7H2,(H,17,18). The number of sulfonamides is 1. The summed E-state index contributed by atoms with van der Waals surface area (Å²) >= 11 is 0. The third kappa shape index (κ3) is 3.54. The number of hydrogen-bond acceptors (Lipinski definition) is 6. The zero-order valence-electron chi connectivity index (χ0n) is 10.5. The molecule has 0 atom stereocenters. The summed E-state index contributed by atoms with van der Waals surface area (Å²) in [5.41, 5.74) is 0.226. The summed E-state index contributed by atoms with van der Waals surface area (Å²) in [6, 6.07) is 4.31. The molecular weight excluding hydrogens is 298 g/mol. The molecule has 108 valence electrons. The Hall–Kier alpha value is -2.93. The van der Waals surface area contributed by atoms with Crippen molar-refractivity contribution in [2.24, 2.45) is 0 Å². The van der Waals surface area contributed by atoms with Gasteiger partial charge in [-0.15, -0.1) is 0 Å². The first-order valence-corrected chi connectivity index (χ1v) is 7.02. The monoisotopic (exact) mass is 307 g/mol. The van der Waals surface area contributed by atoms with E-state index >= 15 is 0 Å². The summed E-state index contributed by atoms with van der Waals surface area (Å²) in [7, 11) is -3.88. The molecule has 0 aliphatic carbocycles. The number of nitrogens with one attached hydrogen (secondary N) is 1. The van der Waals surface area contributed by atoms with E-state index in [1.54, 1.807) is 6.07 Å². The normalized spacial score (nSPS) is 10.8. The molecule has 0 aliphatic heterocycles. The van der Waals surface area contributed by atoms with E-state index in [9.17, 15) is 13.2 Å². The van der Waals surface area contributed by atoms with Crippen LogP contribution in [0.3, 0.4) is 0 Å². The molecule has 2 rings (SSSR count). The van der Waals surface area contributed by atoms with Crippen LogP contribution in [0.5, 0.6) is 0 Å². The minimum atomic E-state index is -3.88. The molecule has 0 bridgehead atoms. The van der Waals surface area contributed by atoms with Crippen LogP contribution < -0.4 is 4.72 Å². The van der Waals surface area contributed by atoms with Crippen molar-refractivity contribution in [1.82, 2.24) is 14.8 Å². The Morgan fingerprint density at radius 2 is 2.19 bits per heavy atom. The largest absolute Gasteiger partial charge is 0.480 e. The average molecular weight is 307 g/mol. The molecule has 0 saturated heterocycles. The molecule has 0 spiro atoms. The van der Waals surface area contributed by atoms with Gasteiger partial charge in [0.1, 0.15) is 23.2 Å². The minimum absolute atomic E-state index is 0.100. The Balaban J connectivity index is 2.18. The van der Waals surface area contributed by atoms with Gasteiger partial charge in [-0.2, -0.15) is 10.4 Å². The van der Waals surface area contributed by atoms with Crippen LogP contribution in [0.25, 0.3) is 0 Å². The maximum Gasteiger partial charge on any atom is 0.325 e. The van der Waals surface area contributed by atoms with Crippen molar-refractivity contribution in [1.29, 1.82) is 5.26 Å². The molecule has 0 saturated carbocycles. The molecule has 9 nitrogen and oxygen atoms in total. The van der Waals surface area contributed by atoms with Gasteiger partial charge in [0.15, 0.2) is 0 Å². The molecule has 2 aromatic rings. The van der Waals surface area contributed by atoms with Gasteiger partial charge in [0.05, 0.1) is 11.9 Å². The molecule has 0 radical (unpaired) electrons. The lowest BCUT2D eigenvalue weighted by Crippen LogP contribution is -2.13. The number of nitriles is 1. The van der Waals surface area contributed by atoms with E-state index in [1.807, 2.05) is 0 Å². The summed E-state index contributed by atoms with van der Waals surface area (Å²) in [6.45, 7) is -0.375. The second-order valence-corrected chi connectivity index (χ2v) is 5.60. The Morgan fingerprint density at radius 1 is 1.43 bits per heavy atom. The van der Waals surface area contributed by atoms with E-state index in [4.69, 9.17) is 10.4 Å². The zero-order valence-corrected chi connectivity index (χ0v) is 11.3. The topological polar surface area (TPSA) is 138 Å². The second-order valence-electron chi connectivity index (χ2n) is 3.92. The van der Waals surface area contributed by atoms with Crippen LogP contribution in [-0.2, 0) is 21.4 Å². The van der Waals surface area contributed by atoms with Gasteiger partial charge >= 0.3 is 5.97 Å². The number of nitrogens with zero attached hydrogens (tertiary/aromatic N) is 4. The molecule has 0 fully saturated rings. The fourth-order valence-corrected chi connectivity index (χ4v) is 2.43. The van der Waals surface area contributed by atoms with Crippen LogP contribution in [0.4, 0.5) is 5.69 Å². The Kier molecular flexibility index (Phi) is 3.86. The van der Waals surface area contributed by atoms with Crippen molar-refractivity contribution >= 4 is 21.7 Å². The van der Waals surface area contributed by atoms with Gasteiger partial charge in [-0.3, -0.25) is 14.2 Å².